The predicted octanol–water partition coefficient (Wildman–Crippen LogP) is 3.13. The fourth-order valence-corrected chi connectivity index (χ4v) is 2.58. The molecule has 0 bridgehead atoms. The van der Waals surface area contributed by atoms with Gasteiger partial charge in [0, 0.05) is 37.1 Å². The second-order valence-corrected chi connectivity index (χ2v) is 6.62. The molecular formula is C17H26BrIN4O. The number of rotatable bonds is 7. The van der Waals surface area contributed by atoms with E-state index in [1.807, 2.05) is 38.2 Å². The van der Waals surface area contributed by atoms with E-state index in [-0.39, 0.29) is 29.9 Å². The lowest BCUT2D eigenvalue weighted by molar-refractivity contribution is -0.130. The van der Waals surface area contributed by atoms with Gasteiger partial charge in [0.25, 0.3) is 0 Å². The van der Waals surface area contributed by atoms with Gasteiger partial charge in [-0.05, 0) is 31.4 Å². The highest BCUT2D eigenvalue weighted by molar-refractivity contribution is 14.0. The summed E-state index contributed by atoms with van der Waals surface area (Å²) in [6.45, 7) is 3.97. The molecule has 1 amide bonds. The van der Waals surface area contributed by atoms with E-state index in [1.54, 1.807) is 4.90 Å². The van der Waals surface area contributed by atoms with Crippen molar-refractivity contribution in [3.05, 3.63) is 34.3 Å². The average Bonchev–Trinajstić information content (AvgIpc) is 3.33. The Morgan fingerprint density at radius 1 is 1.38 bits per heavy atom. The van der Waals surface area contributed by atoms with Crippen LogP contribution in [0.4, 0.5) is 0 Å². The van der Waals surface area contributed by atoms with Crippen LogP contribution in [-0.4, -0.2) is 42.9 Å². The van der Waals surface area contributed by atoms with E-state index in [2.05, 4.69) is 31.6 Å². The van der Waals surface area contributed by atoms with Crippen molar-refractivity contribution in [3.63, 3.8) is 0 Å². The average molecular weight is 509 g/mol. The van der Waals surface area contributed by atoms with Crippen molar-refractivity contribution in [3.8, 4) is 0 Å². The van der Waals surface area contributed by atoms with Crippen LogP contribution in [0.3, 0.4) is 0 Å². The predicted molar refractivity (Wildman–Crippen MR) is 113 cm³/mol. The van der Waals surface area contributed by atoms with Gasteiger partial charge in [-0.25, -0.2) is 0 Å². The van der Waals surface area contributed by atoms with Gasteiger partial charge in [0.2, 0.25) is 5.91 Å². The minimum Gasteiger partial charge on any atom is -0.357 e. The maximum Gasteiger partial charge on any atom is 0.224 e. The van der Waals surface area contributed by atoms with Crippen molar-refractivity contribution < 1.29 is 4.79 Å². The Morgan fingerprint density at radius 2 is 2.08 bits per heavy atom. The molecule has 0 atom stereocenters. The third-order valence-corrected chi connectivity index (χ3v) is 4.42. The fraction of sp³-hybridized carbons (Fsp3) is 0.529. The first-order valence-corrected chi connectivity index (χ1v) is 8.91. The van der Waals surface area contributed by atoms with Gasteiger partial charge >= 0.3 is 0 Å². The van der Waals surface area contributed by atoms with E-state index in [0.29, 0.717) is 25.6 Å². The highest BCUT2D eigenvalue weighted by Gasteiger charge is 2.22. The van der Waals surface area contributed by atoms with Crippen LogP contribution in [0.2, 0.25) is 0 Å². The summed E-state index contributed by atoms with van der Waals surface area (Å²) in [7, 11) is 1.83. The zero-order valence-electron chi connectivity index (χ0n) is 14.2. The largest absolute Gasteiger partial charge is 0.357 e. The zero-order valence-corrected chi connectivity index (χ0v) is 18.1. The van der Waals surface area contributed by atoms with Crippen molar-refractivity contribution in [2.75, 3.05) is 20.1 Å². The number of hydrogen-bond donors (Lipinski definition) is 2. The quantitative estimate of drug-likeness (QED) is 0.338. The standard InChI is InChI=1S/C17H25BrN4O.HI/c1-3-19-17(21-14-8-9-14)20-11-10-16(23)22(2)12-13-6-4-5-7-15(13)18;/h4-7,14H,3,8-12H2,1-2H3,(H2,19,20,21);1H. The minimum absolute atomic E-state index is 0. The lowest BCUT2D eigenvalue weighted by Gasteiger charge is -2.18. The van der Waals surface area contributed by atoms with Crippen LogP contribution in [0, 0.1) is 0 Å². The van der Waals surface area contributed by atoms with Crippen LogP contribution >= 0.6 is 39.9 Å². The number of nitrogens with zero attached hydrogens (tertiary/aromatic N) is 2. The number of halogens is 2. The fourth-order valence-electron chi connectivity index (χ4n) is 2.17. The van der Waals surface area contributed by atoms with Crippen LogP contribution in [-0.2, 0) is 11.3 Å². The lowest BCUT2D eigenvalue weighted by atomic mass is 10.2. The Morgan fingerprint density at radius 3 is 2.71 bits per heavy atom. The first-order chi connectivity index (χ1) is 11.1. The molecule has 0 heterocycles. The second-order valence-electron chi connectivity index (χ2n) is 5.77. The Labute approximate surface area is 169 Å². The molecule has 1 aromatic carbocycles. The van der Waals surface area contributed by atoms with Gasteiger partial charge in [-0.1, -0.05) is 34.1 Å². The summed E-state index contributed by atoms with van der Waals surface area (Å²) in [4.78, 5) is 18.5. The third-order valence-electron chi connectivity index (χ3n) is 3.65. The number of aliphatic imine (C=N–C) groups is 1. The molecule has 0 aromatic heterocycles. The maximum absolute atomic E-state index is 12.2. The molecule has 1 fully saturated rings. The Kier molecular flexibility index (Phi) is 9.65. The molecule has 7 heteroatoms. The smallest absolute Gasteiger partial charge is 0.224 e. The van der Waals surface area contributed by atoms with Crippen LogP contribution in [0.25, 0.3) is 0 Å². The van der Waals surface area contributed by atoms with Crippen molar-refractivity contribution in [2.45, 2.75) is 38.8 Å². The molecule has 1 aliphatic carbocycles. The van der Waals surface area contributed by atoms with Crippen molar-refractivity contribution in [1.82, 2.24) is 15.5 Å². The number of nitrogens with one attached hydrogen (secondary N) is 2. The van der Waals surface area contributed by atoms with E-state index in [4.69, 9.17) is 0 Å². The first kappa shape index (κ1) is 21.2. The maximum atomic E-state index is 12.2. The molecule has 0 radical (unpaired) electrons. The van der Waals surface area contributed by atoms with Crippen molar-refractivity contribution >= 4 is 51.8 Å². The molecule has 5 nitrogen and oxygen atoms in total. The molecule has 0 spiro atoms. The molecule has 24 heavy (non-hydrogen) atoms. The molecule has 2 N–H and O–H groups in total. The molecule has 1 saturated carbocycles. The number of carbonyl (C=O) groups is 1. The van der Waals surface area contributed by atoms with Gasteiger partial charge in [0.15, 0.2) is 5.96 Å². The molecule has 0 aliphatic heterocycles. The van der Waals surface area contributed by atoms with Gasteiger partial charge in [0.1, 0.15) is 0 Å². The summed E-state index contributed by atoms with van der Waals surface area (Å²) in [5.41, 5.74) is 1.11. The van der Waals surface area contributed by atoms with Gasteiger partial charge in [-0.2, -0.15) is 0 Å². The Bertz CT molecular complexity index is 563. The van der Waals surface area contributed by atoms with Crippen LogP contribution < -0.4 is 10.6 Å². The van der Waals surface area contributed by atoms with Gasteiger partial charge in [-0.3, -0.25) is 9.79 Å². The zero-order chi connectivity index (χ0) is 16.7. The monoisotopic (exact) mass is 508 g/mol. The molecule has 0 saturated heterocycles. The highest BCUT2D eigenvalue weighted by Crippen LogP contribution is 2.18. The topological polar surface area (TPSA) is 56.7 Å². The summed E-state index contributed by atoms with van der Waals surface area (Å²) in [6, 6.07) is 8.52. The SMILES string of the molecule is CCNC(=NCCC(=O)N(C)Cc1ccccc1Br)NC1CC1.I. The van der Waals surface area contributed by atoms with Crippen LogP contribution in [0.15, 0.2) is 33.7 Å². The minimum atomic E-state index is 0. The molecule has 134 valence electrons. The number of carbonyl (C=O) groups excluding carboxylic acids is 1. The molecule has 1 aromatic rings. The number of amides is 1. The molecule has 1 aliphatic rings. The van der Waals surface area contributed by atoms with E-state index in [0.717, 1.165) is 22.5 Å². The summed E-state index contributed by atoms with van der Waals surface area (Å²) in [6.07, 6.45) is 2.83. The van der Waals surface area contributed by atoms with Gasteiger partial charge in [0.05, 0.1) is 6.54 Å². The summed E-state index contributed by atoms with van der Waals surface area (Å²) >= 11 is 3.52. The Balaban J connectivity index is 0.00000288. The number of benzene rings is 1. The molecule has 2 rings (SSSR count). The van der Waals surface area contributed by atoms with E-state index >= 15 is 0 Å². The number of guanidine groups is 1. The van der Waals surface area contributed by atoms with Gasteiger partial charge in [-0.15, -0.1) is 24.0 Å². The first-order valence-electron chi connectivity index (χ1n) is 8.12. The summed E-state index contributed by atoms with van der Waals surface area (Å²) < 4.78 is 1.03. The van der Waals surface area contributed by atoms with Gasteiger partial charge < -0.3 is 15.5 Å². The molecule has 0 unspecified atom stereocenters. The second kappa shape index (κ2) is 10.9. The van der Waals surface area contributed by atoms with E-state index in [1.165, 1.54) is 12.8 Å². The normalized spacial score (nSPS) is 13.9. The number of hydrogen-bond acceptors (Lipinski definition) is 2. The van der Waals surface area contributed by atoms with Crippen LogP contribution in [0.5, 0.6) is 0 Å². The van der Waals surface area contributed by atoms with Crippen molar-refractivity contribution in [1.29, 1.82) is 0 Å². The van der Waals surface area contributed by atoms with E-state index < -0.39 is 0 Å². The van der Waals surface area contributed by atoms with Crippen molar-refractivity contribution in [2.24, 2.45) is 4.99 Å². The van der Waals surface area contributed by atoms with Crippen LogP contribution in [0.1, 0.15) is 31.7 Å². The summed E-state index contributed by atoms with van der Waals surface area (Å²) in [5.74, 6) is 0.919. The lowest BCUT2D eigenvalue weighted by Crippen LogP contribution is -2.38. The highest BCUT2D eigenvalue weighted by atomic mass is 127. The molecular weight excluding hydrogens is 483 g/mol. The van der Waals surface area contributed by atoms with E-state index in [9.17, 15) is 4.79 Å². The summed E-state index contributed by atoms with van der Waals surface area (Å²) in [5, 5.41) is 6.56. The third kappa shape index (κ3) is 7.38. The Hall–Kier alpha value is -0.830.